The lowest BCUT2D eigenvalue weighted by molar-refractivity contribution is -0.139. The van der Waals surface area contributed by atoms with Gasteiger partial charge in [0.2, 0.25) is 0 Å². The third-order valence-corrected chi connectivity index (χ3v) is 8.41. The summed E-state index contributed by atoms with van der Waals surface area (Å²) < 4.78 is 13.6. The van der Waals surface area contributed by atoms with Crippen LogP contribution >= 0.6 is 27.3 Å². The maximum absolute atomic E-state index is 14.3. The summed E-state index contributed by atoms with van der Waals surface area (Å²) in [5.74, 6) is -0.254. The number of thiazole rings is 1. The van der Waals surface area contributed by atoms with Gasteiger partial charge in [0.05, 0.1) is 36.2 Å². The molecule has 2 aliphatic rings. The Labute approximate surface area is 238 Å². The standard InChI is InChI=1S/C29H28BrN3O5S/c1-5-7-14-32-20-11-9-8-10-18(20)23(26(32)34)25-27(35)33-24(19-15-17(30)12-13-21(19)37-4)22(28(36)38-6-2)16(3)31-29(33)39-25/h8-13,15,24H,5-7,14H2,1-4H3/b25-23-/t24-/m1/s1. The van der Waals surface area contributed by atoms with Gasteiger partial charge in [-0.05, 0) is 44.5 Å². The lowest BCUT2D eigenvalue weighted by atomic mass is 9.95. The third-order valence-electron chi connectivity index (χ3n) is 6.86. The number of carbonyl (C=O) groups is 2. The van der Waals surface area contributed by atoms with Gasteiger partial charge in [-0.2, -0.15) is 0 Å². The van der Waals surface area contributed by atoms with E-state index < -0.39 is 17.6 Å². The number of anilines is 1. The van der Waals surface area contributed by atoms with Crippen LogP contribution in [0.1, 0.15) is 50.8 Å². The number of esters is 1. The summed E-state index contributed by atoms with van der Waals surface area (Å²) in [4.78, 5) is 48.1. The van der Waals surface area contributed by atoms with Crippen LogP contribution in [0.25, 0.3) is 5.57 Å². The summed E-state index contributed by atoms with van der Waals surface area (Å²) in [6.45, 7) is 6.27. The minimum atomic E-state index is -0.856. The fraction of sp³-hybridized carbons (Fsp3) is 0.310. The van der Waals surface area contributed by atoms with Crippen molar-refractivity contribution in [1.29, 1.82) is 0 Å². The zero-order valence-corrected chi connectivity index (χ0v) is 24.5. The van der Waals surface area contributed by atoms with E-state index in [1.54, 1.807) is 24.8 Å². The van der Waals surface area contributed by atoms with Crippen LogP contribution in [0.3, 0.4) is 0 Å². The summed E-state index contributed by atoms with van der Waals surface area (Å²) in [5, 5.41) is 0. The highest BCUT2D eigenvalue weighted by Gasteiger charge is 2.38. The van der Waals surface area contributed by atoms with Crippen molar-refractivity contribution >= 4 is 50.4 Å². The molecular weight excluding hydrogens is 582 g/mol. The Morgan fingerprint density at radius 1 is 1.15 bits per heavy atom. The summed E-state index contributed by atoms with van der Waals surface area (Å²) in [6, 6.07) is 12.1. The first-order valence-corrected chi connectivity index (χ1v) is 14.4. The second-order valence-electron chi connectivity index (χ2n) is 9.21. The second kappa shape index (κ2) is 10.9. The number of hydrogen-bond acceptors (Lipinski definition) is 7. The number of halogens is 1. The van der Waals surface area contributed by atoms with Gasteiger partial charge in [-0.1, -0.05) is 58.8 Å². The van der Waals surface area contributed by atoms with Gasteiger partial charge in [0.25, 0.3) is 11.5 Å². The number of allylic oxidation sites excluding steroid dienone is 1. The molecule has 1 aromatic heterocycles. The second-order valence-corrected chi connectivity index (χ2v) is 11.1. The Kier molecular flexibility index (Phi) is 7.59. The van der Waals surface area contributed by atoms with Gasteiger partial charge in [0.15, 0.2) is 4.80 Å². The predicted octanol–water partition coefficient (Wildman–Crippen LogP) is 4.09. The first-order chi connectivity index (χ1) is 18.8. The molecule has 0 unspecified atom stereocenters. The third kappa shape index (κ3) is 4.55. The molecule has 202 valence electrons. The van der Waals surface area contributed by atoms with Crippen molar-refractivity contribution in [3.63, 3.8) is 0 Å². The lowest BCUT2D eigenvalue weighted by Gasteiger charge is -2.26. The largest absolute Gasteiger partial charge is 0.496 e. The molecule has 2 aromatic carbocycles. The maximum atomic E-state index is 14.3. The summed E-state index contributed by atoms with van der Waals surface area (Å²) >= 11 is 4.68. The normalized spacial score (nSPS) is 17.6. The SMILES string of the molecule is CCCCN1C(=O)/C(=c2\sc3n(c2=O)[C@H](c2cc(Br)ccc2OC)C(C(=O)OCC)=C(C)N=3)c2ccccc21. The monoisotopic (exact) mass is 609 g/mol. The van der Waals surface area contributed by atoms with E-state index in [1.165, 1.54) is 11.7 Å². The number of ether oxygens (including phenoxy) is 2. The van der Waals surface area contributed by atoms with Crippen LogP contribution in [-0.4, -0.2) is 36.7 Å². The Bertz CT molecular complexity index is 1700. The van der Waals surface area contributed by atoms with Gasteiger partial charge in [-0.15, -0.1) is 0 Å². The van der Waals surface area contributed by atoms with Crippen molar-refractivity contribution in [1.82, 2.24) is 4.57 Å². The molecular formula is C29H28BrN3O5S. The van der Waals surface area contributed by atoms with Crippen LogP contribution in [-0.2, 0) is 14.3 Å². The number of carbonyl (C=O) groups excluding carboxylic acids is 2. The predicted molar refractivity (Wildman–Crippen MR) is 154 cm³/mol. The van der Waals surface area contributed by atoms with Gasteiger partial charge >= 0.3 is 5.97 Å². The number of benzene rings is 2. The molecule has 0 bridgehead atoms. The number of methoxy groups -OCH3 is 1. The first kappa shape index (κ1) is 27.1. The van der Waals surface area contributed by atoms with Crippen molar-refractivity contribution in [2.75, 3.05) is 25.2 Å². The lowest BCUT2D eigenvalue weighted by Crippen LogP contribution is -2.41. The van der Waals surface area contributed by atoms with Crippen molar-refractivity contribution in [3.05, 3.63) is 89.0 Å². The number of aromatic nitrogens is 1. The maximum Gasteiger partial charge on any atom is 0.338 e. The first-order valence-electron chi connectivity index (χ1n) is 12.8. The van der Waals surface area contributed by atoms with Gasteiger partial charge < -0.3 is 14.4 Å². The van der Waals surface area contributed by atoms with E-state index in [9.17, 15) is 14.4 Å². The fourth-order valence-electron chi connectivity index (χ4n) is 5.09. The van der Waals surface area contributed by atoms with E-state index in [0.717, 1.165) is 39.9 Å². The molecule has 10 heteroatoms. The van der Waals surface area contributed by atoms with E-state index in [-0.39, 0.29) is 18.1 Å². The van der Waals surface area contributed by atoms with Crippen LogP contribution in [0.5, 0.6) is 5.75 Å². The summed E-state index contributed by atoms with van der Waals surface area (Å²) in [6.07, 6.45) is 1.78. The minimum absolute atomic E-state index is 0.172. The molecule has 39 heavy (non-hydrogen) atoms. The number of amides is 1. The van der Waals surface area contributed by atoms with E-state index >= 15 is 0 Å². The number of nitrogens with zero attached hydrogens (tertiary/aromatic N) is 3. The average Bonchev–Trinajstić information content (AvgIpc) is 3.38. The molecule has 0 aliphatic carbocycles. The minimum Gasteiger partial charge on any atom is -0.496 e. The molecule has 1 atom stereocenters. The molecule has 3 heterocycles. The number of unbranched alkanes of at least 4 members (excludes halogenated alkanes) is 1. The smallest absolute Gasteiger partial charge is 0.338 e. The quantitative estimate of drug-likeness (QED) is 0.376. The molecule has 0 fully saturated rings. The van der Waals surface area contributed by atoms with Crippen LogP contribution in [0.15, 0.2) is 68.0 Å². The Balaban J connectivity index is 1.82. The van der Waals surface area contributed by atoms with E-state index in [4.69, 9.17) is 9.47 Å². The Morgan fingerprint density at radius 3 is 2.64 bits per heavy atom. The highest BCUT2D eigenvalue weighted by atomic mass is 79.9. The molecule has 0 saturated heterocycles. The topological polar surface area (TPSA) is 90.2 Å². The molecule has 0 radical (unpaired) electrons. The van der Waals surface area contributed by atoms with Crippen LogP contribution in [0.4, 0.5) is 5.69 Å². The van der Waals surface area contributed by atoms with Gasteiger partial charge in [0.1, 0.15) is 16.3 Å². The molecule has 5 rings (SSSR count). The zero-order valence-electron chi connectivity index (χ0n) is 22.1. The Hall–Kier alpha value is -3.50. The van der Waals surface area contributed by atoms with Gasteiger partial charge in [0, 0.05) is 22.1 Å². The van der Waals surface area contributed by atoms with Crippen LogP contribution in [0, 0.1) is 0 Å². The van der Waals surface area contributed by atoms with E-state index in [0.29, 0.717) is 38.5 Å². The number of fused-ring (bicyclic) bond motifs is 2. The summed E-state index contributed by atoms with van der Waals surface area (Å²) in [5.41, 5.74) is 2.79. The molecule has 0 spiro atoms. The molecule has 0 N–H and O–H groups in total. The summed E-state index contributed by atoms with van der Waals surface area (Å²) in [7, 11) is 1.54. The van der Waals surface area contributed by atoms with Crippen molar-refractivity contribution in [3.8, 4) is 5.75 Å². The Morgan fingerprint density at radius 2 is 1.92 bits per heavy atom. The average molecular weight is 611 g/mol. The molecule has 1 amide bonds. The molecule has 0 saturated carbocycles. The zero-order chi connectivity index (χ0) is 27.8. The van der Waals surface area contributed by atoms with Crippen LogP contribution < -0.4 is 24.5 Å². The van der Waals surface area contributed by atoms with E-state index in [1.807, 2.05) is 36.4 Å². The van der Waals surface area contributed by atoms with Crippen molar-refractivity contribution < 1.29 is 19.1 Å². The van der Waals surface area contributed by atoms with E-state index in [2.05, 4.69) is 27.8 Å². The molecule has 2 aliphatic heterocycles. The fourth-order valence-corrected chi connectivity index (χ4v) is 6.61. The number of hydrogen-bond donors (Lipinski definition) is 0. The molecule has 8 nitrogen and oxygen atoms in total. The van der Waals surface area contributed by atoms with Gasteiger partial charge in [-0.3, -0.25) is 14.2 Å². The highest BCUT2D eigenvalue weighted by Crippen LogP contribution is 2.38. The number of para-hydroxylation sites is 1. The molecule has 3 aromatic rings. The highest BCUT2D eigenvalue weighted by molar-refractivity contribution is 9.10. The van der Waals surface area contributed by atoms with Crippen molar-refractivity contribution in [2.45, 2.75) is 39.7 Å². The van der Waals surface area contributed by atoms with Crippen LogP contribution in [0.2, 0.25) is 0 Å². The van der Waals surface area contributed by atoms with Crippen molar-refractivity contribution in [2.24, 2.45) is 4.99 Å². The number of rotatable bonds is 7. The van der Waals surface area contributed by atoms with Gasteiger partial charge in [-0.25, -0.2) is 9.79 Å².